The Morgan fingerprint density at radius 1 is 0.158 bits per heavy atom. The van der Waals surface area contributed by atoms with Crippen molar-refractivity contribution >= 4 is 83.5 Å². The third-order valence-corrected chi connectivity index (χ3v) is 10.8. The monoisotopic (exact) mass is 729 g/mol. The number of benzene rings is 10. The van der Waals surface area contributed by atoms with Crippen molar-refractivity contribution in [1.82, 2.24) is 0 Å². The standard InChI is InChI=1S/C54H39N3/c1-5-17-40(18-6-1)55(41-19-7-2-8-20-41)44-29-31-45(32-30-44)56(42-21-9-3-10-22-42)46-33-35-47(36-34-46)57(43-23-11-4-12-24-43)48-37-38-53-51-27-14-13-25-49(51)50-26-15-16-28-52(50)54(53)39-48/h1-39H. The van der Waals surface area contributed by atoms with Crippen molar-refractivity contribution in [2.24, 2.45) is 0 Å². The second-order valence-corrected chi connectivity index (χ2v) is 14.2. The number of anilines is 9. The van der Waals surface area contributed by atoms with Crippen molar-refractivity contribution in [3.63, 3.8) is 0 Å². The number of hydrogen-bond donors (Lipinski definition) is 0. The number of fused-ring (bicyclic) bond motifs is 6. The first-order valence-corrected chi connectivity index (χ1v) is 19.4. The second-order valence-electron chi connectivity index (χ2n) is 14.2. The first-order valence-electron chi connectivity index (χ1n) is 19.4. The maximum atomic E-state index is 2.36. The fourth-order valence-corrected chi connectivity index (χ4v) is 8.19. The number of rotatable bonds is 9. The molecule has 10 rings (SSSR count). The molecule has 57 heavy (non-hydrogen) atoms. The van der Waals surface area contributed by atoms with Crippen LogP contribution in [0.25, 0.3) is 32.3 Å². The van der Waals surface area contributed by atoms with Crippen LogP contribution in [0.4, 0.5) is 51.2 Å². The van der Waals surface area contributed by atoms with Gasteiger partial charge in [-0.2, -0.15) is 0 Å². The number of para-hydroxylation sites is 4. The molecule has 0 amide bonds. The van der Waals surface area contributed by atoms with Crippen LogP contribution in [0, 0.1) is 0 Å². The Labute approximate surface area is 333 Å². The van der Waals surface area contributed by atoms with Crippen molar-refractivity contribution < 1.29 is 0 Å². The summed E-state index contributed by atoms with van der Waals surface area (Å²) in [5, 5.41) is 7.60. The van der Waals surface area contributed by atoms with Gasteiger partial charge in [0.15, 0.2) is 0 Å². The lowest BCUT2D eigenvalue weighted by Crippen LogP contribution is -2.13. The fraction of sp³-hybridized carbons (Fsp3) is 0. The van der Waals surface area contributed by atoms with Crippen LogP contribution in [0.5, 0.6) is 0 Å². The van der Waals surface area contributed by atoms with E-state index in [1.807, 2.05) is 0 Å². The first-order chi connectivity index (χ1) is 28.3. The molecule has 0 unspecified atom stereocenters. The number of nitrogens with zero attached hydrogens (tertiary/aromatic N) is 3. The van der Waals surface area contributed by atoms with Crippen LogP contribution in [0.15, 0.2) is 237 Å². The van der Waals surface area contributed by atoms with Crippen molar-refractivity contribution in [1.29, 1.82) is 0 Å². The predicted molar refractivity (Wildman–Crippen MR) is 243 cm³/mol. The van der Waals surface area contributed by atoms with E-state index in [-0.39, 0.29) is 0 Å². The van der Waals surface area contributed by atoms with E-state index in [0.717, 1.165) is 51.2 Å². The van der Waals surface area contributed by atoms with Crippen molar-refractivity contribution in [2.45, 2.75) is 0 Å². The molecule has 3 nitrogen and oxygen atoms in total. The van der Waals surface area contributed by atoms with E-state index in [1.165, 1.54) is 32.3 Å². The molecular weight excluding hydrogens is 691 g/mol. The van der Waals surface area contributed by atoms with E-state index in [0.29, 0.717) is 0 Å². The Bertz CT molecular complexity index is 2860. The van der Waals surface area contributed by atoms with Crippen LogP contribution in [-0.4, -0.2) is 0 Å². The lowest BCUT2D eigenvalue weighted by molar-refractivity contribution is 1.25. The van der Waals surface area contributed by atoms with Crippen LogP contribution in [-0.2, 0) is 0 Å². The zero-order valence-corrected chi connectivity index (χ0v) is 31.4. The van der Waals surface area contributed by atoms with Crippen LogP contribution < -0.4 is 14.7 Å². The minimum Gasteiger partial charge on any atom is -0.311 e. The molecule has 0 saturated heterocycles. The van der Waals surface area contributed by atoms with E-state index >= 15 is 0 Å². The van der Waals surface area contributed by atoms with Gasteiger partial charge in [0, 0.05) is 51.2 Å². The third-order valence-electron chi connectivity index (χ3n) is 10.8. The summed E-state index contributed by atoms with van der Waals surface area (Å²) in [4.78, 5) is 6.97. The minimum absolute atomic E-state index is 1.07. The van der Waals surface area contributed by atoms with Gasteiger partial charge in [-0.3, -0.25) is 0 Å². The lowest BCUT2D eigenvalue weighted by atomic mass is 9.94. The largest absolute Gasteiger partial charge is 0.311 e. The summed E-state index contributed by atoms with van der Waals surface area (Å²) < 4.78 is 0. The fourth-order valence-electron chi connectivity index (χ4n) is 8.19. The normalized spacial score (nSPS) is 11.2. The Morgan fingerprint density at radius 2 is 0.368 bits per heavy atom. The summed E-state index contributed by atoms with van der Waals surface area (Å²) in [5.74, 6) is 0. The maximum absolute atomic E-state index is 2.36. The topological polar surface area (TPSA) is 9.72 Å². The molecule has 0 aliphatic rings. The molecule has 270 valence electrons. The van der Waals surface area contributed by atoms with E-state index in [4.69, 9.17) is 0 Å². The van der Waals surface area contributed by atoms with E-state index in [9.17, 15) is 0 Å². The molecule has 0 heterocycles. The molecule has 0 N–H and O–H groups in total. The molecule has 0 bridgehead atoms. The zero-order chi connectivity index (χ0) is 38.0. The highest BCUT2D eigenvalue weighted by atomic mass is 15.2. The van der Waals surface area contributed by atoms with E-state index < -0.39 is 0 Å². The average molecular weight is 730 g/mol. The van der Waals surface area contributed by atoms with Gasteiger partial charge in [-0.1, -0.05) is 127 Å². The first kappa shape index (κ1) is 33.9. The summed E-state index contributed by atoms with van der Waals surface area (Å²) >= 11 is 0. The quantitative estimate of drug-likeness (QED) is 0.137. The van der Waals surface area contributed by atoms with Gasteiger partial charge < -0.3 is 14.7 Å². The summed E-state index contributed by atoms with van der Waals surface area (Å²) in [6, 6.07) is 84.6. The Hall–Kier alpha value is -7.62. The van der Waals surface area contributed by atoms with E-state index in [1.54, 1.807) is 0 Å². The lowest BCUT2D eigenvalue weighted by Gasteiger charge is -2.29. The summed E-state index contributed by atoms with van der Waals surface area (Å²) in [5.41, 5.74) is 9.86. The van der Waals surface area contributed by atoms with Gasteiger partial charge in [0.1, 0.15) is 0 Å². The Morgan fingerprint density at radius 3 is 0.684 bits per heavy atom. The van der Waals surface area contributed by atoms with Crippen molar-refractivity contribution in [2.75, 3.05) is 14.7 Å². The molecule has 10 aromatic rings. The highest BCUT2D eigenvalue weighted by Crippen LogP contribution is 2.43. The van der Waals surface area contributed by atoms with Crippen LogP contribution in [0.1, 0.15) is 0 Å². The van der Waals surface area contributed by atoms with Gasteiger partial charge in [-0.15, -0.1) is 0 Å². The second kappa shape index (κ2) is 14.9. The highest BCUT2D eigenvalue weighted by Gasteiger charge is 2.19. The average Bonchev–Trinajstić information content (AvgIpc) is 3.29. The van der Waals surface area contributed by atoms with Gasteiger partial charge in [0.25, 0.3) is 0 Å². The Balaban J connectivity index is 1.06. The van der Waals surface area contributed by atoms with Gasteiger partial charge in [-0.05, 0) is 142 Å². The van der Waals surface area contributed by atoms with Crippen molar-refractivity contribution in [3.05, 3.63) is 237 Å². The molecule has 0 saturated carbocycles. The molecule has 0 aliphatic carbocycles. The van der Waals surface area contributed by atoms with Gasteiger partial charge in [0.05, 0.1) is 0 Å². The highest BCUT2D eigenvalue weighted by molar-refractivity contribution is 6.25. The predicted octanol–water partition coefficient (Wildman–Crippen LogP) is 15.6. The summed E-state index contributed by atoms with van der Waals surface area (Å²) in [6.45, 7) is 0. The zero-order valence-electron chi connectivity index (χ0n) is 31.4. The molecule has 0 aromatic heterocycles. The molecule has 10 aromatic carbocycles. The minimum atomic E-state index is 1.07. The molecular formula is C54H39N3. The summed E-state index contributed by atoms with van der Waals surface area (Å²) in [7, 11) is 0. The Kier molecular flexibility index (Phi) is 8.86. The van der Waals surface area contributed by atoms with E-state index in [2.05, 4.69) is 251 Å². The molecule has 0 aliphatic heterocycles. The molecule has 0 fully saturated rings. The van der Waals surface area contributed by atoms with Crippen LogP contribution >= 0.6 is 0 Å². The van der Waals surface area contributed by atoms with Crippen molar-refractivity contribution in [3.8, 4) is 0 Å². The molecule has 3 heteroatoms. The smallest absolute Gasteiger partial charge is 0.0468 e. The van der Waals surface area contributed by atoms with Gasteiger partial charge in [0.2, 0.25) is 0 Å². The number of hydrogen-bond acceptors (Lipinski definition) is 3. The third kappa shape index (κ3) is 6.41. The molecule has 0 radical (unpaired) electrons. The SMILES string of the molecule is c1ccc(N(c2ccccc2)c2ccc(N(c3ccccc3)c3ccc(N(c4ccccc4)c4ccc5c6ccccc6c6ccccc6c5c4)cc3)cc2)cc1. The van der Waals surface area contributed by atoms with Gasteiger partial charge in [-0.25, -0.2) is 0 Å². The van der Waals surface area contributed by atoms with Crippen LogP contribution in [0.3, 0.4) is 0 Å². The van der Waals surface area contributed by atoms with Gasteiger partial charge >= 0.3 is 0 Å². The molecule has 0 atom stereocenters. The van der Waals surface area contributed by atoms with Crippen LogP contribution in [0.2, 0.25) is 0 Å². The maximum Gasteiger partial charge on any atom is 0.0468 e. The molecule has 0 spiro atoms. The summed E-state index contributed by atoms with van der Waals surface area (Å²) in [6.07, 6.45) is 0.